The van der Waals surface area contributed by atoms with Gasteiger partial charge in [-0.2, -0.15) is 0 Å². The minimum atomic E-state index is -4.17. The van der Waals surface area contributed by atoms with Crippen molar-refractivity contribution in [1.29, 1.82) is 0 Å². The molecule has 8 heteroatoms. The second kappa shape index (κ2) is 11.8. The molecular formula is H8BaCaClO3PSr. The maximum Gasteiger partial charge on any atom is 2.00 e. The first-order chi connectivity index (χ1) is 2.00. The van der Waals surface area contributed by atoms with Gasteiger partial charge >= 0.3 is 139 Å². The first-order valence-electron chi connectivity index (χ1n) is 0.752. The van der Waals surface area contributed by atoms with Crippen LogP contribution in [0.25, 0.3) is 0 Å². The molecule has 0 radical (unpaired) electrons. The molecule has 0 aliphatic rings. The molecule has 2 N–H and O–H groups in total. The summed E-state index contributed by atoms with van der Waals surface area (Å²) < 4.78 is 9.09. The van der Waals surface area contributed by atoms with E-state index in [0.717, 1.165) is 0 Å². The Morgan fingerprint density at radius 2 is 1.50 bits per heavy atom. The van der Waals surface area contributed by atoms with Crippen molar-refractivity contribution in [3.05, 3.63) is 0 Å². The van der Waals surface area contributed by atoms with Gasteiger partial charge in [0.2, 0.25) is 0 Å². The Bertz CT molecular complexity index is 79.2. The first kappa shape index (κ1) is 23.0. The van der Waals surface area contributed by atoms with E-state index in [0.29, 0.717) is 0 Å². The van der Waals surface area contributed by atoms with Crippen LogP contribution in [0, 0.1) is 0 Å². The molecule has 44 valence electrons. The number of rotatable bonds is 0. The van der Waals surface area contributed by atoms with Crippen LogP contribution in [0.3, 0.4) is 0 Å². The zero-order valence-electron chi connectivity index (χ0n) is 10.2. The van der Waals surface area contributed by atoms with Gasteiger partial charge in [-0.1, -0.05) is 0 Å². The monoisotopic (exact) mass is 388 g/mol. The van der Waals surface area contributed by atoms with E-state index < -0.39 is 6.95 Å². The van der Waals surface area contributed by atoms with Gasteiger partial charge in [-0.3, -0.25) is 0 Å². The molecule has 0 fully saturated rings. The van der Waals surface area contributed by atoms with Crippen LogP contribution in [-0.2, 0) is 4.57 Å². The fraction of sp³-hybridized carbons (Fsp3) is 0. The van der Waals surface area contributed by atoms with Crippen LogP contribution in [0.1, 0.15) is 8.56 Å². The summed E-state index contributed by atoms with van der Waals surface area (Å²) in [4.78, 5) is 14.8. The quantitative estimate of drug-likeness (QED) is 0.449. The Morgan fingerprint density at radius 1 is 1.50 bits per heavy atom. The van der Waals surface area contributed by atoms with Crippen molar-refractivity contribution in [2.75, 3.05) is 0 Å². The second-order valence-corrected chi connectivity index (χ2v) is 2.74. The SMILES string of the molecule is O=P(O)(O)Cl.[Ba+2].[Ca+2].[H-].[H-].[H-].[H-].[H-].[H-].[Sr+2]. The van der Waals surface area contributed by atoms with E-state index in [2.05, 4.69) is 11.2 Å². The molecule has 0 saturated heterocycles. The molecule has 0 aliphatic carbocycles. The number of halogens is 1. The van der Waals surface area contributed by atoms with Gasteiger partial charge in [-0.15, -0.1) is 0 Å². The smallest absolute Gasteiger partial charge is 1.00 e. The minimum Gasteiger partial charge on any atom is -1.00 e. The standard InChI is InChI=1S/Ba.Ca.ClH2O3P.Sr.6H/c;;1-5(2,3)4;;;;;;;/h;;(H2,2,3,4);;;;;;;/q2*+2;;+2;6*-1. The molecule has 0 atom stereocenters. The third-order valence-electron chi connectivity index (χ3n) is 0. The summed E-state index contributed by atoms with van der Waals surface area (Å²) in [5.41, 5.74) is 0. The van der Waals surface area contributed by atoms with Gasteiger partial charge in [0.15, 0.2) is 0 Å². The van der Waals surface area contributed by atoms with Gasteiger partial charge in [-0.05, 0) is 0 Å². The zero-order chi connectivity index (χ0) is 4.50. The van der Waals surface area contributed by atoms with Gasteiger partial charge < -0.3 is 18.3 Å². The van der Waals surface area contributed by atoms with Gasteiger partial charge in [0.25, 0.3) is 0 Å². The van der Waals surface area contributed by atoms with Gasteiger partial charge in [0.05, 0.1) is 0 Å². The predicted octanol–water partition coefficient (Wildman–Crippen LogP) is -0.150. The summed E-state index contributed by atoms with van der Waals surface area (Å²) in [5, 5.41) is 0. The molecule has 0 saturated carbocycles. The van der Waals surface area contributed by atoms with Crippen LogP contribution in [0.5, 0.6) is 0 Å². The van der Waals surface area contributed by atoms with Crippen molar-refractivity contribution in [3.63, 3.8) is 0 Å². The van der Waals surface area contributed by atoms with Crippen LogP contribution >= 0.6 is 18.2 Å². The zero-order valence-corrected chi connectivity index (χ0v) is 16.0. The minimum absolute atomic E-state index is 0. The van der Waals surface area contributed by atoms with Crippen molar-refractivity contribution in [2.45, 2.75) is 0 Å². The second-order valence-electron chi connectivity index (χ2n) is 0.473. The van der Waals surface area contributed by atoms with E-state index in [-0.39, 0.29) is 141 Å². The van der Waals surface area contributed by atoms with Crippen molar-refractivity contribution in [1.82, 2.24) is 0 Å². The van der Waals surface area contributed by atoms with Crippen LogP contribution in [0.4, 0.5) is 0 Å². The molecule has 8 heavy (non-hydrogen) atoms. The first-order valence-corrected chi connectivity index (χ1v) is 3.27. The molecular weight excluding hydrogens is 379 g/mol. The van der Waals surface area contributed by atoms with Crippen LogP contribution < -0.4 is 0 Å². The summed E-state index contributed by atoms with van der Waals surface area (Å²) >= 11 is 4.20. The number of hydrogen-bond acceptors (Lipinski definition) is 1. The van der Waals surface area contributed by atoms with Crippen molar-refractivity contribution < 1.29 is 22.9 Å². The molecule has 0 aromatic rings. The van der Waals surface area contributed by atoms with Gasteiger partial charge in [0, 0.05) is 11.2 Å². The van der Waals surface area contributed by atoms with E-state index in [1.807, 2.05) is 0 Å². The van der Waals surface area contributed by atoms with Gasteiger partial charge in [-0.25, -0.2) is 4.57 Å². The average molecular weight is 388 g/mol. The van der Waals surface area contributed by atoms with E-state index in [1.54, 1.807) is 0 Å². The predicted molar refractivity (Wildman–Crippen MR) is 41.8 cm³/mol. The van der Waals surface area contributed by atoms with E-state index in [4.69, 9.17) is 14.4 Å². The van der Waals surface area contributed by atoms with Crippen LogP contribution in [0.15, 0.2) is 0 Å². The Kier molecular flexibility index (Phi) is 33.8. The maximum atomic E-state index is 9.09. The summed E-state index contributed by atoms with van der Waals surface area (Å²) in [5.74, 6) is 0. The maximum absolute atomic E-state index is 9.09. The molecule has 3 nitrogen and oxygen atoms in total. The third-order valence-corrected chi connectivity index (χ3v) is 0. The molecule has 0 spiro atoms. The molecule has 0 aromatic carbocycles. The molecule has 0 aliphatic heterocycles. The molecule has 0 aromatic heterocycles. The Hall–Kier alpha value is 4.75. The fourth-order valence-electron chi connectivity index (χ4n) is 0. The largest absolute Gasteiger partial charge is 2.00 e. The topological polar surface area (TPSA) is 57.5 Å². The Morgan fingerprint density at radius 3 is 1.50 bits per heavy atom. The van der Waals surface area contributed by atoms with Crippen molar-refractivity contribution >= 4 is 150 Å². The molecule has 0 bridgehead atoms. The molecule has 0 rings (SSSR count). The Labute approximate surface area is 169 Å². The van der Waals surface area contributed by atoms with Crippen molar-refractivity contribution in [2.24, 2.45) is 0 Å². The molecule has 0 unspecified atom stereocenters. The summed E-state index contributed by atoms with van der Waals surface area (Å²) in [6, 6.07) is 0. The summed E-state index contributed by atoms with van der Waals surface area (Å²) in [6.45, 7) is -4.17. The third kappa shape index (κ3) is 45.3. The van der Waals surface area contributed by atoms with E-state index in [1.165, 1.54) is 0 Å². The Balaban J connectivity index is -0.00000000222. The summed E-state index contributed by atoms with van der Waals surface area (Å²) in [6.07, 6.45) is 0. The van der Waals surface area contributed by atoms with Gasteiger partial charge in [0.1, 0.15) is 0 Å². The fourth-order valence-corrected chi connectivity index (χ4v) is 0. The molecule has 0 heterocycles. The van der Waals surface area contributed by atoms with E-state index in [9.17, 15) is 0 Å². The van der Waals surface area contributed by atoms with Crippen LogP contribution in [0.2, 0.25) is 0 Å². The van der Waals surface area contributed by atoms with Crippen molar-refractivity contribution in [3.8, 4) is 0 Å². The number of hydrogen-bond donors (Lipinski definition) is 2. The summed E-state index contributed by atoms with van der Waals surface area (Å²) in [7, 11) is 0. The molecule has 0 amide bonds. The van der Waals surface area contributed by atoms with Crippen LogP contribution in [-0.4, -0.2) is 142 Å². The van der Waals surface area contributed by atoms with E-state index >= 15 is 0 Å². The normalized spacial score (nSPS) is 7.38. The average Bonchev–Trinajstić information content (AvgIpc) is 0.722.